The summed E-state index contributed by atoms with van der Waals surface area (Å²) >= 11 is 1.55. The van der Waals surface area contributed by atoms with Crippen molar-refractivity contribution < 1.29 is 4.79 Å². The van der Waals surface area contributed by atoms with Gasteiger partial charge in [-0.15, -0.1) is 10.2 Å². The van der Waals surface area contributed by atoms with E-state index in [4.69, 9.17) is 5.73 Å². The van der Waals surface area contributed by atoms with Crippen LogP contribution in [0.2, 0.25) is 0 Å². The summed E-state index contributed by atoms with van der Waals surface area (Å²) in [4.78, 5) is 12.1. The standard InChI is InChI=1S/C13H22N4OS/c1-12(2,3)11-17-16-9(19-11)8-15-10(18)13(14)6-4-5-7-13/h4-8,14H2,1-3H3,(H,15,18). The van der Waals surface area contributed by atoms with Gasteiger partial charge in [-0.3, -0.25) is 4.79 Å². The number of hydrogen-bond donors (Lipinski definition) is 2. The van der Waals surface area contributed by atoms with E-state index < -0.39 is 5.54 Å². The highest BCUT2D eigenvalue weighted by molar-refractivity contribution is 7.11. The van der Waals surface area contributed by atoms with Crippen LogP contribution in [-0.2, 0) is 16.8 Å². The quantitative estimate of drug-likeness (QED) is 0.884. The Hall–Kier alpha value is -1.01. The van der Waals surface area contributed by atoms with E-state index in [0.29, 0.717) is 6.54 Å². The lowest BCUT2D eigenvalue weighted by molar-refractivity contribution is -0.126. The molecule has 1 fully saturated rings. The number of carbonyl (C=O) groups excluding carboxylic acids is 1. The fourth-order valence-electron chi connectivity index (χ4n) is 2.19. The van der Waals surface area contributed by atoms with Gasteiger partial charge in [-0.05, 0) is 12.8 Å². The molecule has 1 saturated carbocycles. The van der Waals surface area contributed by atoms with Crippen LogP contribution in [0.15, 0.2) is 0 Å². The first kappa shape index (κ1) is 14.4. The molecule has 2 rings (SSSR count). The summed E-state index contributed by atoms with van der Waals surface area (Å²) in [6, 6.07) is 0. The van der Waals surface area contributed by atoms with E-state index in [2.05, 4.69) is 36.3 Å². The second kappa shape index (κ2) is 5.17. The van der Waals surface area contributed by atoms with Gasteiger partial charge in [0.2, 0.25) is 5.91 Å². The van der Waals surface area contributed by atoms with E-state index in [9.17, 15) is 4.79 Å². The van der Waals surface area contributed by atoms with Crippen molar-refractivity contribution in [1.82, 2.24) is 15.5 Å². The molecular formula is C13H22N4OS. The first-order valence-electron chi connectivity index (χ1n) is 6.71. The maximum atomic E-state index is 12.1. The van der Waals surface area contributed by atoms with Gasteiger partial charge in [-0.1, -0.05) is 44.9 Å². The van der Waals surface area contributed by atoms with Crippen LogP contribution in [0, 0.1) is 0 Å². The van der Waals surface area contributed by atoms with E-state index in [-0.39, 0.29) is 11.3 Å². The van der Waals surface area contributed by atoms with Gasteiger partial charge in [0, 0.05) is 5.41 Å². The fourth-order valence-corrected chi connectivity index (χ4v) is 3.03. The third-order valence-electron chi connectivity index (χ3n) is 3.46. The van der Waals surface area contributed by atoms with Crippen LogP contribution in [0.4, 0.5) is 0 Å². The number of carbonyl (C=O) groups is 1. The maximum absolute atomic E-state index is 12.1. The van der Waals surface area contributed by atoms with Crippen molar-refractivity contribution in [3.8, 4) is 0 Å². The number of aromatic nitrogens is 2. The number of hydrogen-bond acceptors (Lipinski definition) is 5. The van der Waals surface area contributed by atoms with Crippen molar-refractivity contribution in [3.63, 3.8) is 0 Å². The molecule has 1 aliphatic rings. The van der Waals surface area contributed by atoms with Gasteiger partial charge in [0.05, 0.1) is 12.1 Å². The molecule has 1 heterocycles. The molecule has 0 unspecified atom stereocenters. The molecule has 3 N–H and O–H groups in total. The summed E-state index contributed by atoms with van der Waals surface area (Å²) in [7, 11) is 0. The van der Waals surface area contributed by atoms with Crippen LogP contribution in [0.3, 0.4) is 0 Å². The average Bonchev–Trinajstić information content (AvgIpc) is 2.94. The topological polar surface area (TPSA) is 80.9 Å². The van der Waals surface area contributed by atoms with Gasteiger partial charge in [0.1, 0.15) is 10.0 Å². The highest BCUT2D eigenvalue weighted by atomic mass is 32.1. The molecule has 0 atom stereocenters. The molecule has 5 nitrogen and oxygen atoms in total. The Balaban J connectivity index is 1.92. The minimum Gasteiger partial charge on any atom is -0.348 e. The molecule has 1 aromatic rings. The Morgan fingerprint density at radius 1 is 1.37 bits per heavy atom. The summed E-state index contributed by atoms with van der Waals surface area (Å²) in [6.07, 6.45) is 3.64. The second-order valence-corrected chi connectivity index (χ2v) is 7.36. The predicted molar refractivity (Wildman–Crippen MR) is 75.8 cm³/mol. The molecular weight excluding hydrogens is 260 g/mol. The summed E-state index contributed by atoms with van der Waals surface area (Å²) < 4.78 is 0. The van der Waals surface area contributed by atoms with E-state index in [1.807, 2.05) is 0 Å². The van der Waals surface area contributed by atoms with Crippen LogP contribution in [0.5, 0.6) is 0 Å². The number of nitrogens with zero attached hydrogens (tertiary/aromatic N) is 2. The van der Waals surface area contributed by atoms with Crippen molar-refractivity contribution >= 4 is 17.2 Å². The third kappa shape index (κ3) is 3.30. The molecule has 1 aliphatic carbocycles. The summed E-state index contributed by atoms with van der Waals surface area (Å²) in [5, 5.41) is 13.0. The zero-order chi connectivity index (χ0) is 14.1. The van der Waals surface area contributed by atoms with E-state index in [1.54, 1.807) is 11.3 Å². The number of rotatable bonds is 3. The first-order valence-corrected chi connectivity index (χ1v) is 7.53. The van der Waals surface area contributed by atoms with Gasteiger partial charge < -0.3 is 11.1 Å². The minimum atomic E-state index is -0.669. The number of nitrogens with two attached hydrogens (primary N) is 1. The smallest absolute Gasteiger partial charge is 0.240 e. The Morgan fingerprint density at radius 2 is 2.00 bits per heavy atom. The third-order valence-corrected chi connectivity index (χ3v) is 4.81. The molecule has 0 saturated heterocycles. The van der Waals surface area contributed by atoms with Crippen LogP contribution in [-0.4, -0.2) is 21.6 Å². The normalized spacial score (nSPS) is 18.5. The van der Waals surface area contributed by atoms with Crippen LogP contribution >= 0.6 is 11.3 Å². The van der Waals surface area contributed by atoms with E-state index in [1.165, 1.54) is 0 Å². The molecule has 0 radical (unpaired) electrons. The Kier molecular flexibility index (Phi) is 3.92. The van der Waals surface area contributed by atoms with Gasteiger partial charge in [-0.25, -0.2) is 0 Å². The monoisotopic (exact) mass is 282 g/mol. The zero-order valence-electron chi connectivity index (χ0n) is 11.8. The van der Waals surface area contributed by atoms with Crippen molar-refractivity contribution in [1.29, 1.82) is 0 Å². The van der Waals surface area contributed by atoms with E-state index >= 15 is 0 Å². The molecule has 1 aromatic heterocycles. The van der Waals surface area contributed by atoms with Gasteiger partial charge in [0.15, 0.2) is 0 Å². The lowest BCUT2D eigenvalue weighted by Gasteiger charge is -2.21. The Labute approximate surface area is 118 Å². The predicted octanol–water partition coefficient (Wildman–Crippen LogP) is 1.72. The van der Waals surface area contributed by atoms with Gasteiger partial charge >= 0.3 is 0 Å². The summed E-state index contributed by atoms with van der Waals surface area (Å²) in [6.45, 7) is 6.72. The SMILES string of the molecule is CC(C)(C)c1nnc(CNC(=O)C2(N)CCCC2)s1. The Bertz CT molecular complexity index is 457. The van der Waals surface area contributed by atoms with Crippen LogP contribution < -0.4 is 11.1 Å². The van der Waals surface area contributed by atoms with Crippen molar-refractivity contribution in [2.75, 3.05) is 0 Å². The minimum absolute atomic E-state index is 0.000465. The van der Waals surface area contributed by atoms with Gasteiger partial charge in [0.25, 0.3) is 0 Å². The first-order chi connectivity index (χ1) is 8.81. The average molecular weight is 282 g/mol. The molecule has 0 spiro atoms. The molecule has 6 heteroatoms. The summed E-state index contributed by atoms with van der Waals surface area (Å²) in [5.74, 6) is -0.0579. The molecule has 0 bridgehead atoms. The zero-order valence-corrected chi connectivity index (χ0v) is 12.6. The highest BCUT2D eigenvalue weighted by Gasteiger charge is 2.36. The highest BCUT2D eigenvalue weighted by Crippen LogP contribution is 2.28. The Morgan fingerprint density at radius 3 is 2.53 bits per heavy atom. The molecule has 106 valence electrons. The molecule has 0 aromatic carbocycles. The molecule has 19 heavy (non-hydrogen) atoms. The maximum Gasteiger partial charge on any atom is 0.240 e. The van der Waals surface area contributed by atoms with Gasteiger partial charge in [-0.2, -0.15) is 0 Å². The molecule has 0 aliphatic heterocycles. The van der Waals surface area contributed by atoms with Crippen LogP contribution in [0.1, 0.15) is 56.5 Å². The van der Waals surface area contributed by atoms with Crippen LogP contribution in [0.25, 0.3) is 0 Å². The number of amides is 1. The second-order valence-electron chi connectivity index (χ2n) is 6.30. The van der Waals surface area contributed by atoms with Crippen molar-refractivity contribution in [3.05, 3.63) is 10.0 Å². The fraction of sp³-hybridized carbons (Fsp3) is 0.769. The van der Waals surface area contributed by atoms with E-state index in [0.717, 1.165) is 35.7 Å². The lowest BCUT2D eigenvalue weighted by atomic mass is 9.98. The summed E-state index contributed by atoms with van der Waals surface area (Å²) in [5.41, 5.74) is 5.43. The number of nitrogens with one attached hydrogen (secondary N) is 1. The largest absolute Gasteiger partial charge is 0.348 e. The lowest BCUT2D eigenvalue weighted by Crippen LogP contribution is -2.51. The molecule has 1 amide bonds. The van der Waals surface area contributed by atoms with Crippen molar-refractivity contribution in [2.45, 2.75) is 64.0 Å². The van der Waals surface area contributed by atoms with Crippen molar-refractivity contribution in [2.24, 2.45) is 5.73 Å².